The highest BCUT2D eigenvalue weighted by Crippen LogP contribution is 2.05. The van der Waals surface area contributed by atoms with Gasteiger partial charge < -0.3 is 5.32 Å². The first kappa shape index (κ1) is 14.3. The van der Waals surface area contributed by atoms with E-state index in [9.17, 15) is 9.18 Å². The van der Waals surface area contributed by atoms with Gasteiger partial charge in [-0.15, -0.1) is 10.2 Å². The molecule has 0 aliphatic carbocycles. The fourth-order valence-electron chi connectivity index (χ4n) is 1.78. The van der Waals surface area contributed by atoms with Crippen LogP contribution >= 0.6 is 11.5 Å². The van der Waals surface area contributed by atoms with Crippen molar-refractivity contribution in [2.75, 3.05) is 0 Å². The van der Waals surface area contributed by atoms with Gasteiger partial charge in [-0.05, 0) is 29.2 Å². The van der Waals surface area contributed by atoms with Gasteiger partial charge in [0, 0.05) is 5.38 Å². The highest BCUT2D eigenvalue weighted by Gasteiger charge is 2.11. The Labute approximate surface area is 129 Å². The molecule has 0 fully saturated rings. The third-order valence-corrected chi connectivity index (χ3v) is 3.42. The quantitative estimate of drug-likeness (QED) is 0.765. The van der Waals surface area contributed by atoms with Gasteiger partial charge in [-0.25, -0.2) is 9.07 Å². The van der Waals surface area contributed by atoms with E-state index >= 15 is 0 Å². The molecule has 9 heteroatoms. The number of nitrogens with one attached hydrogen (secondary N) is 1. The third-order valence-electron chi connectivity index (χ3n) is 2.86. The summed E-state index contributed by atoms with van der Waals surface area (Å²) in [6, 6.07) is 6.07. The zero-order chi connectivity index (χ0) is 15.4. The van der Waals surface area contributed by atoms with Crippen molar-refractivity contribution in [3.8, 4) is 0 Å². The summed E-state index contributed by atoms with van der Waals surface area (Å²) in [5.74, 6) is -0.628. The Morgan fingerprint density at radius 2 is 2.09 bits per heavy atom. The average molecular weight is 318 g/mol. The minimum Gasteiger partial charge on any atom is -0.345 e. The zero-order valence-corrected chi connectivity index (χ0v) is 12.1. The Bertz CT molecular complexity index is 755. The fourth-order valence-corrected chi connectivity index (χ4v) is 2.23. The molecule has 0 unspecified atom stereocenters. The second kappa shape index (κ2) is 6.39. The number of carbonyl (C=O) groups excluding carboxylic acids is 1. The molecular formula is C13H11FN6OS. The van der Waals surface area contributed by atoms with E-state index in [-0.39, 0.29) is 17.4 Å². The van der Waals surface area contributed by atoms with Crippen LogP contribution < -0.4 is 5.32 Å². The van der Waals surface area contributed by atoms with Gasteiger partial charge in [-0.1, -0.05) is 21.8 Å². The number of carbonyl (C=O) groups is 1. The Balaban J connectivity index is 1.60. The minimum absolute atomic E-state index is 0.213. The molecule has 0 aliphatic rings. The number of aromatic nitrogens is 5. The lowest BCUT2D eigenvalue weighted by Crippen LogP contribution is -2.23. The molecule has 3 aromatic rings. The number of nitrogens with zero attached hydrogens (tertiary/aromatic N) is 5. The van der Waals surface area contributed by atoms with E-state index in [1.807, 2.05) is 0 Å². The van der Waals surface area contributed by atoms with Crippen LogP contribution in [0.4, 0.5) is 4.39 Å². The first-order valence-corrected chi connectivity index (χ1v) is 7.23. The summed E-state index contributed by atoms with van der Waals surface area (Å²) < 4.78 is 18.1. The maximum Gasteiger partial charge on any atom is 0.273 e. The molecule has 112 valence electrons. The van der Waals surface area contributed by atoms with E-state index in [4.69, 9.17) is 0 Å². The van der Waals surface area contributed by atoms with Crippen LogP contribution in [0.1, 0.15) is 21.7 Å². The first-order valence-electron chi connectivity index (χ1n) is 6.39. The molecule has 0 saturated heterocycles. The molecule has 3 rings (SSSR count). The van der Waals surface area contributed by atoms with Crippen molar-refractivity contribution in [1.82, 2.24) is 29.9 Å². The van der Waals surface area contributed by atoms with Crippen LogP contribution in [0, 0.1) is 5.82 Å². The zero-order valence-electron chi connectivity index (χ0n) is 11.3. The highest BCUT2D eigenvalue weighted by molar-refractivity contribution is 7.03. The molecule has 1 amide bonds. The van der Waals surface area contributed by atoms with Gasteiger partial charge >= 0.3 is 0 Å². The van der Waals surface area contributed by atoms with Crippen molar-refractivity contribution in [2.45, 2.75) is 13.1 Å². The summed E-state index contributed by atoms with van der Waals surface area (Å²) in [6.45, 7) is 0.705. The van der Waals surface area contributed by atoms with Gasteiger partial charge in [0.15, 0.2) is 5.69 Å². The molecule has 22 heavy (non-hydrogen) atoms. The molecule has 7 nitrogen and oxygen atoms in total. The molecule has 2 aromatic heterocycles. The van der Waals surface area contributed by atoms with E-state index in [0.717, 1.165) is 5.56 Å². The second-order valence-corrected chi connectivity index (χ2v) is 5.12. The van der Waals surface area contributed by atoms with E-state index < -0.39 is 0 Å². The minimum atomic E-state index is -0.335. The SMILES string of the molecule is O=C(NCc1csnn1)c1cn(Cc2ccc(F)cc2)nn1. The summed E-state index contributed by atoms with van der Waals surface area (Å²) in [5.41, 5.74) is 1.77. The molecular weight excluding hydrogens is 307 g/mol. The topological polar surface area (TPSA) is 85.6 Å². The Morgan fingerprint density at radius 1 is 1.27 bits per heavy atom. The fraction of sp³-hybridized carbons (Fsp3) is 0.154. The number of amides is 1. The van der Waals surface area contributed by atoms with Gasteiger partial charge in [-0.2, -0.15) is 0 Å². The number of benzene rings is 1. The second-order valence-electron chi connectivity index (χ2n) is 4.51. The van der Waals surface area contributed by atoms with Gasteiger partial charge in [0.1, 0.15) is 5.82 Å². The van der Waals surface area contributed by atoms with Gasteiger partial charge in [0.2, 0.25) is 0 Å². The highest BCUT2D eigenvalue weighted by atomic mass is 32.1. The van der Waals surface area contributed by atoms with Crippen molar-refractivity contribution in [1.29, 1.82) is 0 Å². The largest absolute Gasteiger partial charge is 0.345 e. The Kier molecular flexibility index (Phi) is 4.15. The van der Waals surface area contributed by atoms with Crippen LogP contribution in [0.3, 0.4) is 0 Å². The van der Waals surface area contributed by atoms with Crippen molar-refractivity contribution >= 4 is 17.4 Å². The summed E-state index contributed by atoms with van der Waals surface area (Å²) in [5, 5.41) is 16.0. The maximum atomic E-state index is 12.8. The summed E-state index contributed by atoms with van der Waals surface area (Å²) in [7, 11) is 0. The lowest BCUT2D eigenvalue weighted by atomic mass is 10.2. The number of halogens is 1. The Morgan fingerprint density at radius 3 is 2.82 bits per heavy atom. The molecule has 2 heterocycles. The first-order chi connectivity index (χ1) is 10.7. The van der Waals surface area contributed by atoms with Crippen LogP contribution in [0.25, 0.3) is 0 Å². The van der Waals surface area contributed by atoms with Crippen LogP contribution in [0.15, 0.2) is 35.8 Å². The van der Waals surface area contributed by atoms with Crippen molar-refractivity contribution in [3.05, 3.63) is 58.6 Å². The molecule has 0 aliphatic heterocycles. The van der Waals surface area contributed by atoms with E-state index in [0.29, 0.717) is 18.8 Å². The van der Waals surface area contributed by atoms with Gasteiger partial charge in [0.05, 0.1) is 25.0 Å². The standard InChI is InChI=1S/C13H11FN6OS/c14-10-3-1-9(2-4-10)6-20-7-12(17-18-20)13(21)15-5-11-8-22-19-16-11/h1-4,7-8H,5-6H2,(H,15,21). The lowest BCUT2D eigenvalue weighted by molar-refractivity contribution is 0.0945. The molecule has 1 aromatic carbocycles. The number of rotatable bonds is 5. The maximum absolute atomic E-state index is 12.8. The van der Waals surface area contributed by atoms with Crippen molar-refractivity contribution in [2.24, 2.45) is 0 Å². The third kappa shape index (κ3) is 3.50. The monoisotopic (exact) mass is 318 g/mol. The van der Waals surface area contributed by atoms with Gasteiger partial charge in [0.25, 0.3) is 5.91 Å². The predicted molar refractivity (Wildman–Crippen MR) is 76.6 cm³/mol. The molecule has 0 atom stereocenters. The van der Waals surface area contributed by atoms with E-state index in [1.165, 1.54) is 34.5 Å². The number of hydrogen-bond acceptors (Lipinski definition) is 6. The van der Waals surface area contributed by atoms with E-state index in [2.05, 4.69) is 25.2 Å². The smallest absolute Gasteiger partial charge is 0.273 e. The van der Waals surface area contributed by atoms with Gasteiger partial charge in [-0.3, -0.25) is 4.79 Å². The molecule has 0 saturated carbocycles. The van der Waals surface area contributed by atoms with Crippen LogP contribution in [-0.2, 0) is 13.1 Å². The van der Waals surface area contributed by atoms with Crippen LogP contribution in [0.2, 0.25) is 0 Å². The lowest BCUT2D eigenvalue weighted by Gasteiger charge is -2.00. The van der Waals surface area contributed by atoms with Crippen LogP contribution in [0.5, 0.6) is 0 Å². The molecule has 0 radical (unpaired) electrons. The molecule has 0 spiro atoms. The summed E-state index contributed by atoms with van der Waals surface area (Å²) in [4.78, 5) is 11.9. The summed E-state index contributed by atoms with van der Waals surface area (Å²) in [6.07, 6.45) is 1.54. The molecule has 0 bridgehead atoms. The van der Waals surface area contributed by atoms with Crippen LogP contribution in [-0.4, -0.2) is 30.5 Å². The average Bonchev–Trinajstić information content (AvgIpc) is 3.19. The van der Waals surface area contributed by atoms with Crippen molar-refractivity contribution in [3.63, 3.8) is 0 Å². The normalized spacial score (nSPS) is 10.6. The predicted octanol–water partition coefficient (Wildman–Crippen LogP) is 1.25. The van der Waals surface area contributed by atoms with Crippen molar-refractivity contribution < 1.29 is 9.18 Å². The number of hydrogen-bond donors (Lipinski definition) is 1. The Hall–Kier alpha value is -2.68. The van der Waals surface area contributed by atoms with E-state index in [1.54, 1.807) is 17.5 Å². The molecule has 1 N–H and O–H groups in total. The summed E-state index contributed by atoms with van der Waals surface area (Å²) >= 11 is 1.22.